The third-order valence-electron chi connectivity index (χ3n) is 1.70. The lowest BCUT2D eigenvalue weighted by molar-refractivity contribution is -0.391. The SMILES string of the molecule is NS(=O)(=O)c1cnc([N+](=O)[O-])c(C(F)F)c1I. The molecule has 1 heterocycles. The van der Waals surface area contributed by atoms with Crippen molar-refractivity contribution in [2.45, 2.75) is 11.3 Å². The molecule has 1 aromatic rings. The van der Waals surface area contributed by atoms with Crippen molar-refractivity contribution in [1.82, 2.24) is 4.98 Å². The number of primary sulfonamides is 1. The highest BCUT2D eigenvalue weighted by molar-refractivity contribution is 14.1. The lowest BCUT2D eigenvalue weighted by atomic mass is 10.2. The quantitative estimate of drug-likeness (QED) is 0.481. The van der Waals surface area contributed by atoms with Gasteiger partial charge < -0.3 is 10.1 Å². The molecule has 11 heteroatoms. The van der Waals surface area contributed by atoms with Crippen molar-refractivity contribution in [2.75, 3.05) is 0 Å². The van der Waals surface area contributed by atoms with E-state index in [2.05, 4.69) is 4.98 Å². The van der Waals surface area contributed by atoms with Gasteiger partial charge in [0, 0.05) is 0 Å². The van der Waals surface area contributed by atoms with Crippen LogP contribution in [0.4, 0.5) is 14.6 Å². The number of hydrogen-bond acceptors (Lipinski definition) is 5. The molecule has 0 aliphatic heterocycles. The first-order valence-electron chi connectivity index (χ1n) is 3.80. The third kappa shape index (κ3) is 2.84. The minimum absolute atomic E-state index is 0.498. The number of pyridine rings is 1. The zero-order valence-electron chi connectivity index (χ0n) is 7.80. The van der Waals surface area contributed by atoms with Gasteiger partial charge >= 0.3 is 5.82 Å². The molecule has 0 saturated carbocycles. The Kier molecular flexibility index (Phi) is 3.93. The summed E-state index contributed by atoms with van der Waals surface area (Å²) in [6.07, 6.45) is -2.64. The van der Waals surface area contributed by atoms with Crippen molar-refractivity contribution in [1.29, 1.82) is 0 Å². The summed E-state index contributed by atoms with van der Waals surface area (Å²) in [6.45, 7) is 0. The molecule has 0 aliphatic carbocycles. The van der Waals surface area contributed by atoms with Crippen molar-refractivity contribution < 1.29 is 22.1 Å². The second-order valence-electron chi connectivity index (χ2n) is 2.78. The fraction of sp³-hybridized carbons (Fsp3) is 0.167. The minimum Gasteiger partial charge on any atom is -0.358 e. The number of alkyl halides is 2. The van der Waals surface area contributed by atoms with E-state index in [4.69, 9.17) is 5.14 Å². The summed E-state index contributed by atoms with van der Waals surface area (Å²) >= 11 is 1.26. The minimum atomic E-state index is -4.26. The van der Waals surface area contributed by atoms with E-state index in [1.807, 2.05) is 0 Å². The highest BCUT2D eigenvalue weighted by Gasteiger charge is 2.31. The number of halogens is 3. The molecule has 7 nitrogen and oxygen atoms in total. The number of aromatic nitrogens is 1. The summed E-state index contributed by atoms with van der Waals surface area (Å²) in [5.74, 6) is -1.09. The summed E-state index contributed by atoms with van der Waals surface area (Å²) in [7, 11) is -4.26. The zero-order chi connectivity index (χ0) is 13.4. The number of nitrogens with zero attached hydrogens (tertiary/aromatic N) is 2. The molecule has 0 saturated heterocycles. The molecular weight excluding hydrogens is 375 g/mol. The Morgan fingerprint density at radius 2 is 2.06 bits per heavy atom. The molecule has 0 spiro atoms. The van der Waals surface area contributed by atoms with E-state index >= 15 is 0 Å². The Hall–Kier alpha value is -0.950. The van der Waals surface area contributed by atoms with Crippen molar-refractivity contribution in [3.63, 3.8) is 0 Å². The van der Waals surface area contributed by atoms with Crippen LogP contribution in [-0.2, 0) is 10.0 Å². The van der Waals surface area contributed by atoms with Crippen molar-refractivity contribution >= 4 is 38.4 Å². The number of nitrogens with two attached hydrogens (primary N) is 1. The average molecular weight is 379 g/mol. The Morgan fingerprint density at radius 3 is 2.41 bits per heavy atom. The zero-order valence-corrected chi connectivity index (χ0v) is 10.8. The van der Waals surface area contributed by atoms with Gasteiger partial charge in [-0.05, 0) is 32.5 Å². The van der Waals surface area contributed by atoms with Gasteiger partial charge in [0.1, 0.15) is 10.5 Å². The molecule has 0 aliphatic rings. The van der Waals surface area contributed by atoms with Crippen LogP contribution in [0, 0.1) is 13.7 Å². The van der Waals surface area contributed by atoms with Gasteiger partial charge in [-0.1, -0.05) is 0 Å². The second-order valence-corrected chi connectivity index (χ2v) is 5.39. The molecule has 0 amide bonds. The van der Waals surface area contributed by atoms with E-state index < -0.39 is 41.2 Å². The Morgan fingerprint density at radius 1 is 1.53 bits per heavy atom. The van der Waals surface area contributed by atoms with E-state index in [0.29, 0.717) is 6.20 Å². The van der Waals surface area contributed by atoms with Gasteiger partial charge in [0.15, 0.2) is 6.20 Å². The topological polar surface area (TPSA) is 116 Å². The van der Waals surface area contributed by atoms with Crippen LogP contribution in [0.3, 0.4) is 0 Å². The number of rotatable bonds is 3. The Bertz CT molecular complexity index is 577. The fourth-order valence-electron chi connectivity index (χ4n) is 1.01. The highest BCUT2D eigenvalue weighted by Crippen LogP contribution is 2.34. The van der Waals surface area contributed by atoms with Gasteiger partial charge in [-0.3, -0.25) is 0 Å². The van der Waals surface area contributed by atoms with E-state index in [1.165, 1.54) is 22.6 Å². The van der Waals surface area contributed by atoms with Crippen LogP contribution < -0.4 is 5.14 Å². The fourth-order valence-corrected chi connectivity index (χ4v) is 3.11. The van der Waals surface area contributed by atoms with Crippen LogP contribution in [0.1, 0.15) is 12.0 Å². The van der Waals surface area contributed by atoms with E-state index in [9.17, 15) is 27.3 Å². The highest BCUT2D eigenvalue weighted by atomic mass is 127. The van der Waals surface area contributed by atoms with Crippen LogP contribution >= 0.6 is 22.6 Å². The maximum absolute atomic E-state index is 12.6. The lowest BCUT2D eigenvalue weighted by Gasteiger charge is -2.06. The van der Waals surface area contributed by atoms with E-state index in [-0.39, 0.29) is 0 Å². The van der Waals surface area contributed by atoms with Gasteiger partial charge in [-0.15, -0.1) is 0 Å². The molecule has 0 bridgehead atoms. The summed E-state index contributed by atoms with van der Waals surface area (Å²) in [5, 5.41) is 15.2. The monoisotopic (exact) mass is 379 g/mol. The molecule has 0 radical (unpaired) electrons. The second kappa shape index (κ2) is 4.73. The third-order valence-corrected chi connectivity index (χ3v) is 4.15. The summed E-state index contributed by atoms with van der Waals surface area (Å²) < 4.78 is 46.8. The molecule has 17 heavy (non-hydrogen) atoms. The predicted molar refractivity (Wildman–Crippen MR) is 59.9 cm³/mol. The van der Waals surface area contributed by atoms with Crippen molar-refractivity contribution in [3.05, 3.63) is 25.4 Å². The summed E-state index contributed by atoms with van der Waals surface area (Å²) in [4.78, 5) is 11.8. The number of hydrogen-bond donors (Lipinski definition) is 1. The molecule has 2 N–H and O–H groups in total. The molecule has 1 rings (SSSR count). The molecule has 0 unspecified atom stereocenters. The number of sulfonamides is 1. The number of nitro groups is 1. The van der Waals surface area contributed by atoms with E-state index in [0.717, 1.165) is 0 Å². The molecule has 94 valence electrons. The van der Waals surface area contributed by atoms with Crippen LogP contribution in [0.2, 0.25) is 0 Å². The lowest BCUT2D eigenvalue weighted by Crippen LogP contribution is -2.16. The normalized spacial score (nSPS) is 11.8. The maximum atomic E-state index is 12.6. The smallest absolute Gasteiger partial charge is 0.358 e. The molecule has 0 aromatic carbocycles. The van der Waals surface area contributed by atoms with Crippen LogP contribution in [0.15, 0.2) is 11.1 Å². The average Bonchev–Trinajstić information content (AvgIpc) is 2.13. The van der Waals surface area contributed by atoms with Gasteiger partial charge in [0.2, 0.25) is 10.0 Å². The summed E-state index contributed by atoms with van der Waals surface area (Å²) in [6, 6.07) is 0. The van der Waals surface area contributed by atoms with Gasteiger partial charge in [-0.25, -0.2) is 22.3 Å². The molecule has 0 atom stereocenters. The first-order chi connectivity index (χ1) is 7.66. The van der Waals surface area contributed by atoms with Crippen molar-refractivity contribution in [3.8, 4) is 0 Å². The van der Waals surface area contributed by atoms with Crippen LogP contribution in [-0.4, -0.2) is 18.3 Å². The van der Waals surface area contributed by atoms with Crippen LogP contribution in [0.25, 0.3) is 0 Å². The molecular formula is C6H4F2IN3O4S. The molecule has 0 fully saturated rings. The van der Waals surface area contributed by atoms with Gasteiger partial charge in [0.25, 0.3) is 6.43 Å². The first kappa shape index (κ1) is 14.1. The molecule has 1 aromatic heterocycles. The van der Waals surface area contributed by atoms with E-state index in [1.54, 1.807) is 0 Å². The Balaban J connectivity index is 3.67. The first-order valence-corrected chi connectivity index (χ1v) is 6.42. The van der Waals surface area contributed by atoms with Gasteiger partial charge in [0.05, 0.1) is 3.57 Å². The van der Waals surface area contributed by atoms with Gasteiger partial charge in [-0.2, -0.15) is 0 Å². The standard InChI is InChI=1S/C6H4F2IN3O4S/c7-5(8)3-4(9)2(17(10,15)16)1-11-6(3)12(13)14/h1,5H,(H2,10,15,16). The predicted octanol–water partition coefficient (Wildman–Crippen LogP) is 1.18. The van der Waals surface area contributed by atoms with Crippen LogP contribution in [0.5, 0.6) is 0 Å². The van der Waals surface area contributed by atoms with Crippen molar-refractivity contribution in [2.24, 2.45) is 5.14 Å². The largest absolute Gasteiger partial charge is 0.373 e. The maximum Gasteiger partial charge on any atom is 0.373 e. The summed E-state index contributed by atoms with van der Waals surface area (Å²) in [5.41, 5.74) is -1.05. The Labute approximate surface area is 107 Å².